The van der Waals surface area contributed by atoms with Crippen molar-refractivity contribution in [2.75, 3.05) is 26.2 Å². The molecule has 0 bridgehead atoms. The highest BCUT2D eigenvalue weighted by molar-refractivity contribution is 6.20. The van der Waals surface area contributed by atoms with Gasteiger partial charge < -0.3 is 4.74 Å². The topological polar surface area (TPSA) is 12.5 Å². The predicted octanol–water partition coefficient (Wildman–Crippen LogP) is 2.11. The first-order valence-electron chi connectivity index (χ1n) is 5.16. The lowest BCUT2D eigenvalue weighted by molar-refractivity contribution is 0.0554. The van der Waals surface area contributed by atoms with Crippen LogP contribution in [0.3, 0.4) is 0 Å². The number of piperidine rings is 1. The standard InChI is InChI=1S/C10H20ClNO/c1-9(2)13-7-6-12-5-3-4-10(11)8-12/h9-10H,3-8H2,1-2H3. The zero-order chi connectivity index (χ0) is 9.68. The third-order valence-electron chi connectivity index (χ3n) is 2.31. The minimum absolute atomic E-state index is 0.344. The molecule has 0 N–H and O–H groups in total. The lowest BCUT2D eigenvalue weighted by Gasteiger charge is -2.29. The third kappa shape index (κ3) is 4.84. The van der Waals surface area contributed by atoms with E-state index in [1.165, 1.54) is 19.4 Å². The van der Waals surface area contributed by atoms with Crippen LogP contribution in [0.5, 0.6) is 0 Å². The Balaban J connectivity index is 2.06. The van der Waals surface area contributed by atoms with Gasteiger partial charge in [0, 0.05) is 18.5 Å². The van der Waals surface area contributed by atoms with Crippen molar-refractivity contribution < 1.29 is 4.74 Å². The van der Waals surface area contributed by atoms with E-state index in [0.717, 1.165) is 19.7 Å². The molecule has 1 atom stereocenters. The molecular formula is C10H20ClNO. The summed E-state index contributed by atoms with van der Waals surface area (Å²) in [5.74, 6) is 0. The van der Waals surface area contributed by atoms with E-state index in [-0.39, 0.29) is 0 Å². The number of likely N-dealkylation sites (tertiary alicyclic amines) is 1. The molecular weight excluding hydrogens is 186 g/mol. The summed E-state index contributed by atoms with van der Waals surface area (Å²) < 4.78 is 5.50. The van der Waals surface area contributed by atoms with Crippen LogP contribution in [0, 0.1) is 0 Å². The average Bonchev–Trinajstić information content (AvgIpc) is 2.03. The Morgan fingerprint density at radius 3 is 2.92 bits per heavy atom. The number of hydrogen-bond acceptors (Lipinski definition) is 2. The van der Waals surface area contributed by atoms with Gasteiger partial charge in [-0.1, -0.05) is 0 Å². The Bertz CT molecular complexity index is 141. The fraction of sp³-hybridized carbons (Fsp3) is 1.00. The highest BCUT2D eigenvalue weighted by Gasteiger charge is 2.16. The minimum Gasteiger partial charge on any atom is -0.377 e. The first-order chi connectivity index (χ1) is 6.18. The van der Waals surface area contributed by atoms with E-state index in [9.17, 15) is 0 Å². The molecule has 13 heavy (non-hydrogen) atoms. The Kier molecular flexibility index (Phi) is 5.07. The smallest absolute Gasteiger partial charge is 0.0596 e. The first-order valence-corrected chi connectivity index (χ1v) is 5.60. The number of alkyl halides is 1. The zero-order valence-corrected chi connectivity index (χ0v) is 9.39. The van der Waals surface area contributed by atoms with Crippen molar-refractivity contribution in [2.24, 2.45) is 0 Å². The highest BCUT2D eigenvalue weighted by Crippen LogP contribution is 2.14. The fourth-order valence-corrected chi connectivity index (χ4v) is 1.97. The summed E-state index contributed by atoms with van der Waals surface area (Å²) >= 11 is 6.07. The lowest BCUT2D eigenvalue weighted by atomic mass is 10.1. The largest absolute Gasteiger partial charge is 0.377 e. The summed E-state index contributed by atoms with van der Waals surface area (Å²) in [5, 5.41) is 0.354. The number of nitrogens with zero attached hydrogens (tertiary/aromatic N) is 1. The number of rotatable bonds is 4. The second kappa shape index (κ2) is 5.84. The Labute approximate surface area is 86.2 Å². The van der Waals surface area contributed by atoms with Crippen molar-refractivity contribution in [3.8, 4) is 0 Å². The van der Waals surface area contributed by atoms with E-state index in [2.05, 4.69) is 18.7 Å². The molecule has 0 saturated carbocycles. The molecule has 3 heteroatoms. The second-order valence-corrected chi connectivity index (χ2v) is 4.58. The van der Waals surface area contributed by atoms with Crippen LogP contribution in [0.25, 0.3) is 0 Å². The quantitative estimate of drug-likeness (QED) is 0.652. The molecule has 78 valence electrons. The van der Waals surface area contributed by atoms with Crippen molar-refractivity contribution in [1.29, 1.82) is 0 Å². The zero-order valence-electron chi connectivity index (χ0n) is 8.63. The Hall–Kier alpha value is 0.210. The molecule has 0 amide bonds. The molecule has 1 aliphatic rings. The van der Waals surface area contributed by atoms with Crippen molar-refractivity contribution in [1.82, 2.24) is 4.90 Å². The van der Waals surface area contributed by atoms with Crippen LogP contribution < -0.4 is 0 Å². The van der Waals surface area contributed by atoms with Crippen molar-refractivity contribution >= 4 is 11.6 Å². The van der Waals surface area contributed by atoms with E-state index in [4.69, 9.17) is 16.3 Å². The van der Waals surface area contributed by atoms with Crippen LogP contribution in [-0.2, 0) is 4.74 Å². The maximum atomic E-state index is 6.07. The van der Waals surface area contributed by atoms with Gasteiger partial charge in [-0.25, -0.2) is 0 Å². The summed E-state index contributed by atoms with van der Waals surface area (Å²) in [5.41, 5.74) is 0. The maximum absolute atomic E-state index is 6.07. The minimum atomic E-state index is 0.344. The van der Waals surface area contributed by atoms with Crippen LogP contribution in [0.15, 0.2) is 0 Å². The predicted molar refractivity (Wildman–Crippen MR) is 56.4 cm³/mol. The average molecular weight is 206 g/mol. The fourth-order valence-electron chi connectivity index (χ4n) is 1.62. The summed E-state index contributed by atoms with van der Waals surface area (Å²) in [6, 6.07) is 0. The van der Waals surface area contributed by atoms with Gasteiger partial charge in [-0.3, -0.25) is 4.90 Å². The summed E-state index contributed by atoms with van der Waals surface area (Å²) in [6.45, 7) is 8.22. The van der Waals surface area contributed by atoms with Crippen LogP contribution in [0.4, 0.5) is 0 Å². The molecule has 1 saturated heterocycles. The van der Waals surface area contributed by atoms with E-state index in [0.29, 0.717) is 11.5 Å². The van der Waals surface area contributed by atoms with Crippen LogP contribution in [-0.4, -0.2) is 42.6 Å². The third-order valence-corrected chi connectivity index (χ3v) is 2.66. The summed E-state index contributed by atoms with van der Waals surface area (Å²) in [7, 11) is 0. The molecule has 1 rings (SSSR count). The van der Waals surface area contributed by atoms with Crippen LogP contribution in [0.2, 0.25) is 0 Å². The van der Waals surface area contributed by atoms with Crippen molar-refractivity contribution in [3.63, 3.8) is 0 Å². The van der Waals surface area contributed by atoms with Gasteiger partial charge in [-0.2, -0.15) is 0 Å². The second-order valence-electron chi connectivity index (χ2n) is 3.96. The Morgan fingerprint density at radius 1 is 1.54 bits per heavy atom. The van der Waals surface area contributed by atoms with E-state index in [1.807, 2.05) is 0 Å². The summed E-state index contributed by atoms with van der Waals surface area (Å²) in [4.78, 5) is 2.39. The van der Waals surface area contributed by atoms with Gasteiger partial charge in [-0.05, 0) is 33.2 Å². The van der Waals surface area contributed by atoms with Crippen LogP contribution >= 0.6 is 11.6 Å². The molecule has 0 aliphatic carbocycles. The lowest BCUT2D eigenvalue weighted by Crippen LogP contribution is -2.38. The molecule has 2 nitrogen and oxygen atoms in total. The molecule has 0 aromatic heterocycles. The highest BCUT2D eigenvalue weighted by atomic mass is 35.5. The number of hydrogen-bond donors (Lipinski definition) is 0. The summed E-state index contributed by atoms with van der Waals surface area (Å²) in [6.07, 6.45) is 2.75. The van der Waals surface area contributed by atoms with Gasteiger partial charge in [0.25, 0.3) is 0 Å². The maximum Gasteiger partial charge on any atom is 0.0596 e. The van der Waals surface area contributed by atoms with Gasteiger partial charge in [0.2, 0.25) is 0 Å². The van der Waals surface area contributed by atoms with Gasteiger partial charge in [0.1, 0.15) is 0 Å². The SMILES string of the molecule is CC(C)OCCN1CCCC(Cl)C1. The van der Waals surface area contributed by atoms with Crippen molar-refractivity contribution in [2.45, 2.75) is 38.2 Å². The molecule has 0 aromatic carbocycles. The number of ether oxygens (including phenoxy) is 1. The van der Waals surface area contributed by atoms with Crippen molar-refractivity contribution in [3.05, 3.63) is 0 Å². The van der Waals surface area contributed by atoms with E-state index < -0.39 is 0 Å². The van der Waals surface area contributed by atoms with E-state index in [1.54, 1.807) is 0 Å². The normalized spacial score (nSPS) is 25.4. The van der Waals surface area contributed by atoms with Gasteiger partial charge in [-0.15, -0.1) is 11.6 Å². The number of halogens is 1. The molecule has 0 radical (unpaired) electrons. The van der Waals surface area contributed by atoms with Gasteiger partial charge >= 0.3 is 0 Å². The first kappa shape index (κ1) is 11.3. The molecule has 0 aromatic rings. The van der Waals surface area contributed by atoms with Gasteiger partial charge in [0.05, 0.1) is 12.7 Å². The molecule has 1 heterocycles. The Morgan fingerprint density at radius 2 is 2.31 bits per heavy atom. The molecule has 0 spiro atoms. The molecule has 1 fully saturated rings. The monoisotopic (exact) mass is 205 g/mol. The van der Waals surface area contributed by atoms with Crippen LogP contribution in [0.1, 0.15) is 26.7 Å². The van der Waals surface area contributed by atoms with E-state index >= 15 is 0 Å². The molecule has 1 aliphatic heterocycles. The molecule has 1 unspecified atom stereocenters. The van der Waals surface area contributed by atoms with Gasteiger partial charge in [0.15, 0.2) is 0 Å².